The van der Waals surface area contributed by atoms with Gasteiger partial charge in [-0.2, -0.15) is 0 Å². The number of hydrogen-bond donors (Lipinski definition) is 1. The molecule has 10 heavy (non-hydrogen) atoms. The Balaban J connectivity index is 2.88. The Kier molecular flexibility index (Phi) is 2.06. The molecule has 1 rings (SSSR count). The van der Waals surface area contributed by atoms with Crippen LogP contribution in [0.25, 0.3) is 0 Å². The van der Waals surface area contributed by atoms with Crippen LogP contribution in [0.4, 0.5) is 0 Å². The van der Waals surface area contributed by atoms with Crippen LogP contribution >= 0.6 is 11.3 Å². The zero-order valence-electron chi connectivity index (χ0n) is 5.76. The van der Waals surface area contributed by atoms with E-state index in [0.29, 0.717) is 4.88 Å². The number of hydrogen-bond acceptors (Lipinski definition) is 2. The standard InChI is InChI=1S/C7H9NOS/c1-2-5-3-6(7(8)9)10-4-5/h3-4H,2H2,1H3,(H2,8,9). The first kappa shape index (κ1) is 7.28. The Morgan fingerprint density at radius 2 is 2.50 bits per heavy atom. The number of amides is 1. The van der Waals surface area contributed by atoms with E-state index in [2.05, 4.69) is 0 Å². The van der Waals surface area contributed by atoms with Gasteiger partial charge in [0.05, 0.1) is 4.88 Å². The van der Waals surface area contributed by atoms with E-state index in [1.807, 2.05) is 18.4 Å². The van der Waals surface area contributed by atoms with Gasteiger partial charge in [0.1, 0.15) is 0 Å². The van der Waals surface area contributed by atoms with E-state index >= 15 is 0 Å². The molecule has 0 unspecified atom stereocenters. The quantitative estimate of drug-likeness (QED) is 0.689. The lowest BCUT2D eigenvalue weighted by molar-refractivity contribution is 0.100. The fraction of sp³-hybridized carbons (Fsp3) is 0.286. The van der Waals surface area contributed by atoms with Gasteiger partial charge in [-0.25, -0.2) is 0 Å². The Morgan fingerprint density at radius 3 is 2.80 bits per heavy atom. The van der Waals surface area contributed by atoms with Crippen molar-refractivity contribution < 1.29 is 4.79 Å². The van der Waals surface area contributed by atoms with Crippen LogP contribution in [-0.2, 0) is 6.42 Å². The first-order valence-electron chi connectivity index (χ1n) is 3.11. The first-order valence-corrected chi connectivity index (χ1v) is 3.99. The van der Waals surface area contributed by atoms with E-state index in [-0.39, 0.29) is 5.91 Å². The van der Waals surface area contributed by atoms with Gasteiger partial charge in [0.15, 0.2) is 0 Å². The van der Waals surface area contributed by atoms with Crippen LogP contribution in [0.5, 0.6) is 0 Å². The van der Waals surface area contributed by atoms with E-state index in [1.165, 1.54) is 16.9 Å². The number of rotatable bonds is 2. The third-order valence-corrected chi connectivity index (χ3v) is 2.30. The molecule has 1 heterocycles. The van der Waals surface area contributed by atoms with Crippen molar-refractivity contribution in [1.29, 1.82) is 0 Å². The van der Waals surface area contributed by atoms with Gasteiger partial charge in [-0.1, -0.05) is 6.92 Å². The fourth-order valence-electron chi connectivity index (χ4n) is 0.690. The zero-order chi connectivity index (χ0) is 7.56. The average Bonchev–Trinajstić information content (AvgIpc) is 2.34. The van der Waals surface area contributed by atoms with Crippen LogP contribution in [0.1, 0.15) is 22.2 Å². The highest BCUT2D eigenvalue weighted by Crippen LogP contribution is 2.13. The molecular weight excluding hydrogens is 146 g/mol. The maximum atomic E-state index is 10.6. The van der Waals surface area contributed by atoms with Gasteiger partial charge in [-0.05, 0) is 23.4 Å². The highest BCUT2D eigenvalue weighted by Gasteiger charge is 2.02. The van der Waals surface area contributed by atoms with Crippen LogP contribution in [0.15, 0.2) is 11.4 Å². The summed E-state index contributed by atoms with van der Waals surface area (Å²) in [5, 5.41) is 1.96. The minimum Gasteiger partial charge on any atom is -0.365 e. The summed E-state index contributed by atoms with van der Waals surface area (Å²) in [6.45, 7) is 2.05. The molecular formula is C7H9NOS. The molecule has 2 N–H and O–H groups in total. The predicted molar refractivity (Wildman–Crippen MR) is 42.2 cm³/mol. The summed E-state index contributed by atoms with van der Waals surface area (Å²) < 4.78 is 0. The average molecular weight is 155 g/mol. The Bertz CT molecular complexity index is 242. The Morgan fingerprint density at radius 1 is 1.80 bits per heavy atom. The van der Waals surface area contributed by atoms with Gasteiger partial charge >= 0.3 is 0 Å². The van der Waals surface area contributed by atoms with Crippen LogP contribution < -0.4 is 5.73 Å². The minimum atomic E-state index is -0.329. The molecule has 0 saturated carbocycles. The summed E-state index contributed by atoms with van der Waals surface area (Å²) in [6.07, 6.45) is 0.962. The van der Waals surface area contributed by atoms with Crippen molar-refractivity contribution in [3.8, 4) is 0 Å². The van der Waals surface area contributed by atoms with Crippen LogP contribution in [0.2, 0.25) is 0 Å². The van der Waals surface area contributed by atoms with Crippen molar-refractivity contribution in [2.75, 3.05) is 0 Å². The molecule has 0 aliphatic carbocycles. The maximum Gasteiger partial charge on any atom is 0.258 e. The van der Waals surface area contributed by atoms with Gasteiger partial charge in [-0.3, -0.25) is 4.79 Å². The number of carbonyl (C=O) groups excluding carboxylic acids is 1. The molecule has 3 heteroatoms. The van der Waals surface area contributed by atoms with E-state index < -0.39 is 0 Å². The van der Waals surface area contributed by atoms with Gasteiger partial charge < -0.3 is 5.73 Å². The topological polar surface area (TPSA) is 43.1 Å². The Labute approximate surface area is 63.7 Å². The molecule has 1 aromatic heterocycles. The van der Waals surface area contributed by atoms with Crippen molar-refractivity contribution in [1.82, 2.24) is 0 Å². The number of aryl methyl sites for hydroxylation is 1. The van der Waals surface area contributed by atoms with Crippen molar-refractivity contribution >= 4 is 17.2 Å². The lowest BCUT2D eigenvalue weighted by atomic mass is 10.2. The number of nitrogens with two attached hydrogens (primary N) is 1. The van der Waals surface area contributed by atoms with E-state index in [0.717, 1.165) is 6.42 Å². The van der Waals surface area contributed by atoms with E-state index in [1.54, 1.807) is 0 Å². The minimum absolute atomic E-state index is 0.329. The molecule has 0 spiro atoms. The summed E-state index contributed by atoms with van der Waals surface area (Å²) in [4.78, 5) is 11.2. The molecule has 0 aliphatic rings. The molecule has 0 radical (unpaired) electrons. The fourth-order valence-corrected chi connectivity index (χ4v) is 1.54. The normalized spacial score (nSPS) is 9.70. The lowest BCUT2D eigenvalue weighted by Crippen LogP contribution is -2.08. The largest absolute Gasteiger partial charge is 0.365 e. The molecule has 0 bridgehead atoms. The summed E-state index contributed by atoms with van der Waals surface area (Å²) in [5.41, 5.74) is 6.23. The summed E-state index contributed by atoms with van der Waals surface area (Å²) >= 11 is 1.41. The second-order valence-corrected chi connectivity index (χ2v) is 2.95. The van der Waals surface area contributed by atoms with Crippen molar-refractivity contribution in [2.45, 2.75) is 13.3 Å². The highest BCUT2D eigenvalue weighted by atomic mass is 32.1. The molecule has 0 atom stereocenters. The van der Waals surface area contributed by atoms with E-state index in [9.17, 15) is 4.79 Å². The van der Waals surface area contributed by atoms with Crippen LogP contribution in [0, 0.1) is 0 Å². The summed E-state index contributed by atoms with van der Waals surface area (Å²) in [7, 11) is 0. The van der Waals surface area contributed by atoms with Gasteiger partial charge in [0.25, 0.3) is 5.91 Å². The SMILES string of the molecule is CCc1csc(C(N)=O)c1. The molecule has 1 amide bonds. The summed E-state index contributed by atoms with van der Waals surface area (Å²) in [6, 6.07) is 1.84. The van der Waals surface area contributed by atoms with Gasteiger partial charge in [0, 0.05) is 0 Å². The van der Waals surface area contributed by atoms with Crippen LogP contribution in [-0.4, -0.2) is 5.91 Å². The molecule has 54 valence electrons. The van der Waals surface area contributed by atoms with Crippen molar-refractivity contribution in [2.24, 2.45) is 5.73 Å². The third kappa shape index (κ3) is 1.36. The number of thiophene rings is 1. The monoisotopic (exact) mass is 155 g/mol. The Hall–Kier alpha value is -0.830. The van der Waals surface area contributed by atoms with Gasteiger partial charge in [0.2, 0.25) is 0 Å². The maximum absolute atomic E-state index is 10.6. The molecule has 0 aliphatic heterocycles. The molecule has 0 fully saturated rings. The molecule has 0 saturated heterocycles. The highest BCUT2D eigenvalue weighted by molar-refractivity contribution is 7.12. The molecule has 2 nitrogen and oxygen atoms in total. The first-order chi connectivity index (χ1) is 4.74. The summed E-state index contributed by atoms with van der Waals surface area (Å²) in [5.74, 6) is -0.329. The van der Waals surface area contributed by atoms with Crippen molar-refractivity contribution in [3.05, 3.63) is 21.9 Å². The van der Waals surface area contributed by atoms with Gasteiger partial charge in [-0.15, -0.1) is 11.3 Å². The lowest BCUT2D eigenvalue weighted by Gasteiger charge is -1.83. The zero-order valence-corrected chi connectivity index (χ0v) is 6.57. The van der Waals surface area contributed by atoms with E-state index in [4.69, 9.17) is 5.73 Å². The molecule has 1 aromatic rings. The van der Waals surface area contributed by atoms with Crippen molar-refractivity contribution in [3.63, 3.8) is 0 Å². The number of carbonyl (C=O) groups is 1. The van der Waals surface area contributed by atoms with Crippen LogP contribution in [0.3, 0.4) is 0 Å². The number of primary amides is 1. The second-order valence-electron chi connectivity index (χ2n) is 2.04. The second kappa shape index (κ2) is 2.84. The molecule has 0 aromatic carbocycles. The predicted octanol–water partition coefficient (Wildman–Crippen LogP) is 1.41. The third-order valence-electron chi connectivity index (χ3n) is 1.30. The smallest absolute Gasteiger partial charge is 0.258 e.